The molecule has 3 heterocycles. The third-order valence-corrected chi connectivity index (χ3v) is 3.76. The molecule has 5 heteroatoms. The number of anilines is 1. The van der Waals surface area contributed by atoms with Crippen LogP contribution in [-0.4, -0.2) is 31.2 Å². The zero-order valence-electron chi connectivity index (χ0n) is 11.3. The maximum atomic E-state index is 11.7. The van der Waals surface area contributed by atoms with Crippen molar-refractivity contribution < 1.29 is 5.06 Å². The van der Waals surface area contributed by atoms with Gasteiger partial charge < -0.3 is 10.3 Å². The molecule has 0 fully saturated rings. The topological polar surface area (TPSA) is 55.7 Å². The van der Waals surface area contributed by atoms with Crippen LogP contribution in [0.25, 0.3) is 5.57 Å². The molecule has 2 N–H and O–H groups in total. The second kappa shape index (κ2) is 5.28. The smallest absolute Gasteiger partial charge is 0.150 e. The minimum atomic E-state index is 0.363. The number of hydrogen-bond donors (Lipinski definition) is 2. The molecule has 0 saturated heterocycles. The predicted octanol–water partition coefficient (Wildman–Crippen LogP) is 0.356. The lowest BCUT2D eigenvalue weighted by molar-refractivity contribution is -0.843. The summed E-state index contributed by atoms with van der Waals surface area (Å²) >= 11 is 0. The van der Waals surface area contributed by atoms with Gasteiger partial charge in [-0.15, -0.1) is 0 Å². The number of hydroxylamine groups is 2. The summed E-state index contributed by atoms with van der Waals surface area (Å²) in [7, 11) is 0. The van der Waals surface area contributed by atoms with Gasteiger partial charge in [0.15, 0.2) is 5.82 Å². The van der Waals surface area contributed by atoms with Gasteiger partial charge in [-0.2, -0.15) is 0 Å². The summed E-state index contributed by atoms with van der Waals surface area (Å²) in [4.78, 5) is 4.51. The Hall–Kier alpha value is -1.43. The molecule has 0 bridgehead atoms. The van der Waals surface area contributed by atoms with Crippen LogP contribution in [0.2, 0.25) is 0 Å². The normalized spacial score (nSPS) is 22.2. The molecule has 19 heavy (non-hydrogen) atoms. The molecule has 0 aliphatic carbocycles. The summed E-state index contributed by atoms with van der Waals surface area (Å²) in [6.07, 6.45) is 3.77. The standard InChI is InChI=1S/C14H20N4O/c1-2-6-16-18-10-11-9-17(19)8-5-12(11)13-4-3-7-15-14(13)18/h3-4,7,16-17H,2,5-6,8-10H2,1H3. The van der Waals surface area contributed by atoms with Gasteiger partial charge in [0.25, 0.3) is 0 Å². The quantitative estimate of drug-likeness (QED) is 0.770. The number of hydrogen-bond acceptors (Lipinski definition) is 4. The Kier molecular flexibility index (Phi) is 3.50. The van der Waals surface area contributed by atoms with Gasteiger partial charge in [-0.1, -0.05) is 6.92 Å². The molecule has 1 aromatic heterocycles. The van der Waals surface area contributed by atoms with Gasteiger partial charge in [0.2, 0.25) is 0 Å². The van der Waals surface area contributed by atoms with Crippen LogP contribution >= 0.6 is 0 Å². The van der Waals surface area contributed by atoms with E-state index in [-0.39, 0.29) is 0 Å². The lowest BCUT2D eigenvalue weighted by Gasteiger charge is -2.38. The monoisotopic (exact) mass is 260 g/mol. The number of nitrogens with zero attached hydrogens (tertiary/aromatic N) is 2. The molecule has 0 aromatic carbocycles. The van der Waals surface area contributed by atoms with E-state index in [2.05, 4.69) is 28.4 Å². The van der Waals surface area contributed by atoms with Crippen molar-refractivity contribution in [3.8, 4) is 0 Å². The Labute approximate surface area is 113 Å². The minimum Gasteiger partial charge on any atom is -0.634 e. The highest BCUT2D eigenvalue weighted by Crippen LogP contribution is 2.34. The SMILES string of the molecule is CCCNN1CC2=C(CC[NH+]([O-])C2)c2cccnc21. The molecule has 2 aliphatic rings. The third-order valence-electron chi connectivity index (χ3n) is 3.76. The largest absolute Gasteiger partial charge is 0.634 e. The fourth-order valence-electron chi connectivity index (χ4n) is 2.84. The summed E-state index contributed by atoms with van der Waals surface area (Å²) < 4.78 is 0. The Morgan fingerprint density at radius 3 is 3.26 bits per heavy atom. The van der Waals surface area contributed by atoms with E-state index in [0.29, 0.717) is 18.2 Å². The molecule has 0 radical (unpaired) electrons. The van der Waals surface area contributed by atoms with E-state index in [1.807, 2.05) is 12.3 Å². The van der Waals surface area contributed by atoms with Crippen molar-refractivity contribution in [1.82, 2.24) is 10.4 Å². The molecule has 102 valence electrons. The van der Waals surface area contributed by atoms with Crippen LogP contribution in [0.15, 0.2) is 23.9 Å². The molecular formula is C14H20N4O. The van der Waals surface area contributed by atoms with Crippen LogP contribution in [0.3, 0.4) is 0 Å². The first kappa shape index (κ1) is 12.6. The van der Waals surface area contributed by atoms with Gasteiger partial charge in [-0.3, -0.25) is 5.01 Å². The number of aromatic nitrogens is 1. The van der Waals surface area contributed by atoms with Crippen LogP contribution in [0.4, 0.5) is 5.82 Å². The summed E-state index contributed by atoms with van der Waals surface area (Å²) in [6, 6.07) is 4.09. The van der Waals surface area contributed by atoms with Crippen molar-refractivity contribution in [3.63, 3.8) is 0 Å². The Morgan fingerprint density at radius 1 is 1.53 bits per heavy atom. The number of quaternary nitrogens is 1. The first-order chi connectivity index (χ1) is 9.29. The summed E-state index contributed by atoms with van der Waals surface area (Å²) in [5.41, 5.74) is 7.20. The van der Waals surface area contributed by atoms with Gasteiger partial charge in [0.05, 0.1) is 13.1 Å². The first-order valence-corrected chi connectivity index (χ1v) is 6.98. The van der Waals surface area contributed by atoms with E-state index in [4.69, 9.17) is 0 Å². The highest BCUT2D eigenvalue weighted by atomic mass is 16.5. The van der Waals surface area contributed by atoms with Crippen LogP contribution in [0.5, 0.6) is 0 Å². The Morgan fingerprint density at radius 2 is 2.42 bits per heavy atom. The number of hydrazine groups is 1. The van der Waals surface area contributed by atoms with E-state index in [0.717, 1.165) is 31.7 Å². The molecule has 1 atom stereocenters. The van der Waals surface area contributed by atoms with E-state index >= 15 is 0 Å². The fraction of sp³-hybridized carbons (Fsp3) is 0.500. The van der Waals surface area contributed by atoms with Crippen molar-refractivity contribution in [2.24, 2.45) is 0 Å². The summed E-state index contributed by atoms with van der Waals surface area (Å²) in [6.45, 7) is 5.13. The number of nitrogens with one attached hydrogen (secondary N) is 2. The predicted molar refractivity (Wildman–Crippen MR) is 75.5 cm³/mol. The fourth-order valence-corrected chi connectivity index (χ4v) is 2.84. The Balaban J connectivity index is 1.96. The van der Waals surface area contributed by atoms with Gasteiger partial charge in [0.1, 0.15) is 6.54 Å². The van der Waals surface area contributed by atoms with Crippen LogP contribution in [0.1, 0.15) is 25.3 Å². The van der Waals surface area contributed by atoms with Crippen molar-refractivity contribution in [2.75, 3.05) is 31.2 Å². The van der Waals surface area contributed by atoms with Crippen LogP contribution in [-0.2, 0) is 0 Å². The van der Waals surface area contributed by atoms with Crippen molar-refractivity contribution in [3.05, 3.63) is 34.7 Å². The lowest BCUT2D eigenvalue weighted by atomic mass is 9.91. The zero-order chi connectivity index (χ0) is 13.2. The highest BCUT2D eigenvalue weighted by Gasteiger charge is 2.29. The lowest BCUT2D eigenvalue weighted by Crippen LogP contribution is -3.08. The third kappa shape index (κ3) is 2.36. The summed E-state index contributed by atoms with van der Waals surface area (Å²) in [5, 5.41) is 14.1. The average Bonchev–Trinajstić information content (AvgIpc) is 2.44. The van der Waals surface area contributed by atoms with E-state index in [1.54, 1.807) is 0 Å². The molecule has 3 rings (SSSR count). The second-order valence-corrected chi connectivity index (χ2v) is 5.17. The van der Waals surface area contributed by atoms with Crippen molar-refractivity contribution in [1.29, 1.82) is 0 Å². The van der Waals surface area contributed by atoms with E-state index in [9.17, 15) is 5.21 Å². The van der Waals surface area contributed by atoms with Crippen LogP contribution < -0.4 is 15.5 Å². The summed E-state index contributed by atoms with van der Waals surface area (Å²) in [5.74, 6) is 1.00. The molecule has 1 aromatic rings. The van der Waals surface area contributed by atoms with Gasteiger partial charge in [-0.05, 0) is 24.1 Å². The molecule has 0 saturated carbocycles. The van der Waals surface area contributed by atoms with Gasteiger partial charge in [-0.25, -0.2) is 10.4 Å². The Bertz CT molecular complexity index is 500. The maximum Gasteiger partial charge on any atom is 0.150 e. The number of fused-ring (bicyclic) bond motifs is 2. The molecule has 1 unspecified atom stereocenters. The van der Waals surface area contributed by atoms with Crippen molar-refractivity contribution in [2.45, 2.75) is 19.8 Å². The molecule has 0 spiro atoms. The van der Waals surface area contributed by atoms with E-state index in [1.165, 1.54) is 16.7 Å². The van der Waals surface area contributed by atoms with Crippen LogP contribution in [0, 0.1) is 5.21 Å². The zero-order valence-corrected chi connectivity index (χ0v) is 11.3. The van der Waals surface area contributed by atoms with Crippen molar-refractivity contribution >= 4 is 11.4 Å². The van der Waals surface area contributed by atoms with E-state index < -0.39 is 0 Å². The maximum absolute atomic E-state index is 11.7. The molecule has 5 nitrogen and oxygen atoms in total. The number of rotatable bonds is 3. The molecule has 0 amide bonds. The van der Waals surface area contributed by atoms with Gasteiger partial charge >= 0.3 is 0 Å². The highest BCUT2D eigenvalue weighted by molar-refractivity contribution is 5.80. The minimum absolute atomic E-state index is 0.363. The number of pyridine rings is 1. The molecule has 2 aliphatic heterocycles. The average molecular weight is 260 g/mol. The second-order valence-electron chi connectivity index (χ2n) is 5.17. The van der Waals surface area contributed by atoms with Gasteiger partial charge in [0, 0.05) is 30.3 Å². The molecular weight excluding hydrogens is 240 g/mol. The first-order valence-electron chi connectivity index (χ1n) is 6.98.